The molecule has 1 aromatic heterocycles. The maximum absolute atomic E-state index is 13.7. The van der Waals surface area contributed by atoms with Gasteiger partial charge in [0.2, 0.25) is 0 Å². The van der Waals surface area contributed by atoms with Crippen LogP contribution in [0.3, 0.4) is 0 Å². The van der Waals surface area contributed by atoms with Crippen molar-refractivity contribution in [3.63, 3.8) is 0 Å². The van der Waals surface area contributed by atoms with Gasteiger partial charge < -0.3 is 5.11 Å². The van der Waals surface area contributed by atoms with E-state index in [1.165, 1.54) is 0 Å². The smallest absolute Gasteiger partial charge is 0.347 e. The van der Waals surface area contributed by atoms with Crippen LogP contribution < -0.4 is 0 Å². The third kappa shape index (κ3) is 2.53. The molecular formula is C13H10F3NO2S. The van der Waals surface area contributed by atoms with Gasteiger partial charge in [0.05, 0.1) is 5.69 Å². The van der Waals surface area contributed by atoms with Crippen LogP contribution in [0.2, 0.25) is 0 Å². The molecule has 1 heterocycles. The molecule has 0 aliphatic rings. The molecule has 20 heavy (non-hydrogen) atoms. The van der Waals surface area contributed by atoms with Gasteiger partial charge in [-0.25, -0.2) is 22.9 Å². The summed E-state index contributed by atoms with van der Waals surface area (Å²) < 4.78 is 39.8. The summed E-state index contributed by atoms with van der Waals surface area (Å²) in [4.78, 5) is 15.1. The number of hydrogen-bond donors (Lipinski definition) is 1. The average molecular weight is 301 g/mol. The minimum absolute atomic E-state index is 0.00835. The first-order chi connectivity index (χ1) is 9.45. The summed E-state index contributed by atoms with van der Waals surface area (Å²) in [6.07, 6.45) is 1.09. The second-order valence-electron chi connectivity index (χ2n) is 4.07. The monoisotopic (exact) mass is 301 g/mol. The van der Waals surface area contributed by atoms with E-state index in [9.17, 15) is 18.0 Å². The molecule has 0 amide bonds. The third-order valence-corrected chi connectivity index (χ3v) is 3.76. The first kappa shape index (κ1) is 14.5. The fourth-order valence-electron chi connectivity index (χ4n) is 1.73. The second kappa shape index (κ2) is 5.62. The van der Waals surface area contributed by atoms with Crippen molar-refractivity contribution in [2.45, 2.75) is 19.8 Å². The van der Waals surface area contributed by atoms with Crippen molar-refractivity contribution in [1.82, 2.24) is 4.98 Å². The van der Waals surface area contributed by atoms with Gasteiger partial charge in [-0.1, -0.05) is 13.3 Å². The lowest BCUT2D eigenvalue weighted by Gasteiger charge is -2.00. The Hall–Kier alpha value is -1.89. The Morgan fingerprint density at radius 3 is 2.60 bits per heavy atom. The fraction of sp³-hybridized carbons (Fsp3) is 0.231. The van der Waals surface area contributed by atoms with E-state index in [-0.39, 0.29) is 15.4 Å². The molecular weight excluding hydrogens is 291 g/mol. The number of nitrogens with zero attached hydrogens (tertiary/aromatic N) is 1. The van der Waals surface area contributed by atoms with Gasteiger partial charge in [0.25, 0.3) is 0 Å². The predicted octanol–water partition coefficient (Wildman–Crippen LogP) is 3.88. The number of carboxylic acid groups (broad SMARTS) is 1. The van der Waals surface area contributed by atoms with E-state index >= 15 is 0 Å². The number of halogens is 3. The number of rotatable bonds is 4. The molecule has 0 saturated heterocycles. The van der Waals surface area contributed by atoms with Crippen molar-refractivity contribution >= 4 is 17.3 Å². The Kier molecular flexibility index (Phi) is 4.08. The Morgan fingerprint density at radius 2 is 2.00 bits per heavy atom. The summed E-state index contributed by atoms with van der Waals surface area (Å²) in [5.41, 5.74) is 0.0860. The largest absolute Gasteiger partial charge is 0.477 e. The maximum atomic E-state index is 13.7. The van der Waals surface area contributed by atoms with Crippen LogP contribution >= 0.6 is 11.3 Å². The van der Waals surface area contributed by atoms with Crippen LogP contribution in [0.25, 0.3) is 10.6 Å². The zero-order valence-corrected chi connectivity index (χ0v) is 11.2. The van der Waals surface area contributed by atoms with E-state index < -0.39 is 23.4 Å². The molecule has 3 nitrogen and oxygen atoms in total. The molecule has 0 radical (unpaired) electrons. The van der Waals surface area contributed by atoms with Crippen molar-refractivity contribution < 1.29 is 23.1 Å². The molecule has 1 N–H and O–H groups in total. The van der Waals surface area contributed by atoms with E-state index in [0.717, 1.165) is 23.5 Å². The lowest BCUT2D eigenvalue weighted by Crippen LogP contribution is -1.98. The van der Waals surface area contributed by atoms with Crippen molar-refractivity contribution in [2.24, 2.45) is 0 Å². The van der Waals surface area contributed by atoms with E-state index in [0.29, 0.717) is 18.5 Å². The van der Waals surface area contributed by atoms with Crippen molar-refractivity contribution in [2.75, 3.05) is 0 Å². The Bertz CT molecular complexity index is 670. The summed E-state index contributed by atoms with van der Waals surface area (Å²) in [5, 5.41) is 9.09. The molecule has 0 spiro atoms. The zero-order chi connectivity index (χ0) is 14.9. The van der Waals surface area contributed by atoms with Gasteiger partial charge in [0.1, 0.15) is 9.88 Å². The number of hydrogen-bond acceptors (Lipinski definition) is 3. The van der Waals surface area contributed by atoms with Crippen LogP contribution in [0.4, 0.5) is 13.2 Å². The molecule has 0 fully saturated rings. The number of aromatic nitrogens is 1. The number of carboxylic acids is 1. The molecule has 0 bridgehead atoms. The molecule has 7 heteroatoms. The Labute approximate surface area is 116 Å². The molecule has 1 aromatic carbocycles. The minimum Gasteiger partial charge on any atom is -0.477 e. The van der Waals surface area contributed by atoms with Crippen molar-refractivity contribution in [3.05, 3.63) is 40.2 Å². The summed E-state index contributed by atoms with van der Waals surface area (Å²) in [6, 6.07) is 1.84. The third-order valence-electron chi connectivity index (χ3n) is 2.64. The standard InChI is InChI=1S/C13H10F3NO2S/c1-2-3-8-11(13(18)19)20-12(17-8)6-4-5-7(14)10(16)9(6)15/h4-5H,2-3H2,1H3,(H,18,19). The molecule has 0 saturated carbocycles. The zero-order valence-electron chi connectivity index (χ0n) is 10.4. The quantitative estimate of drug-likeness (QED) is 0.872. The van der Waals surface area contributed by atoms with E-state index in [1.807, 2.05) is 6.92 Å². The Morgan fingerprint density at radius 1 is 1.30 bits per heavy atom. The van der Waals surface area contributed by atoms with Crippen molar-refractivity contribution in [1.29, 1.82) is 0 Å². The number of benzene rings is 1. The summed E-state index contributed by atoms with van der Waals surface area (Å²) >= 11 is 0.750. The van der Waals surface area contributed by atoms with Crippen LogP contribution in [0, 0.1) is 17.5 Å². The fourth-order valence-corrected chi connectivity index (χ4v) is 2.70. The SMILES string of the molecule is CCCc1nc(-c2ccc(F)c(F)c2F)sc1C(=O)O. The highest BCUT2D eigenvalue weighted by Gasteiger charge is 2.21. The number of aryl methyl sites for hydroxylation is 1. The molecule has 2 rings (SSSR count). The molecule has 0 unspecified atom stereocenters. The van der Waals surface area contributed by atoms with Crippen LogP contribution in [-0.2, 0) is 6.42 Å². The highest BCUT2D eigenvalue weighted by molar-refractivity contribution is 7.17. The minimum atomic E-state index is -1.59. The summed E-state index contributed by atoms with van der Waals surface area (Å²) in [7, 11) is 0. The highest BCUT2D eigenvalue weighted by Crippen LogP contribution is 2.32. The van der Waals surface area contributed by atoms with E-state index in [1.54, 1.807) is 0 Å². The van der Waals surface area contributed by atoms with Crippen LogP contribution in [0.15, 0.2) is 12.1 Å². The van der Waals surface area contributed by atoms with Gasteiger partial charge >= 0.3 is 5.97 Å². The normalized spacial score (nSPS) is 10.8. The first-order valence-electron chi connectivity index (χ1n) is 5.82. The van der Waals surface area contributed by atoms with Crippen LogP contribution in [-0.4, -0.2) is 16.1 Å². The second-order valence-corrected chi connectivity index (χ2v) is 5.07. The maximum Gasteiger partial charge on any atom is 0.347 e. The van der Waals surface area contributed by atoms with Gasteiger partial charge in [-0.15, -0.1) is 11.3 Å². The Balaban J connectivity index is 2.56. The van der Waals surface area contributed by atoms with Gasteiger partial charge in [0.15, 0.2) is 17.5 Å². The molecule has 0 aliphatic heterocycles. The van der Waals surface area contributed by atoms with E-state index in [4.69, 9.17) is 5.11 Å². The number of thiazole rings is 1. The van der Waals surface area contributed by atoms with Gasteiger partial charge in [0, 0.05) is 5.56 Å². The summed E-state index contributed by atoms with van der Waals surface area (Å²) in [6.45, 7) is 1.85. The summed E-state index contributed by atoms with van der Waals surface area (Å²) in [5.74, 6) is -5.42. The predicted molar refractivity (Wildman–Crippen MR) is 68.4 cm³/mol. The first-order valence-corrected chi connectivity index (χ1v) is 6.64. The average Bonchev–Trinajstić information content (AvgIpc) is 2.80. The molecule has 0 atom stereocenters. The highest BCUT2D eigenvalue weighted by atomic mass is 32.1. The number of aromatic carboxylic acids is 1. The van der Waals surface area contributed by atoms with Gasteiger partial charge in [-0.3, -0.25) is 0 Å². The molecule has 0 aliphatic carbocycles. The van der Waals surface area contributed by atoms with Gasteiger partial charge in [-0.05, 0) is 18.6 Å². The topological polar surface area (TPSA) is 50.2 Å². The lowest BCUT2D eigenvalue weighted by atomic mass is 10.2. The molecule has 2 aromatic rings. The lowest BCUT2D eigenvalue weighted by molar-refractivity contribution is 0.0700. The van der Waals surface area contributed by atoms with Crippen molar-refractivity contribution in [3.8, 4) is 10.6 Å². The van der Waals surface area contributed by atoms with Crippen LogP contribution in [0.5, 0.6) is 0 Å². The number of carbonyl (C=O) groups is 1. The molecule has 106 valence electrons. The van der Waals surface area contributed by atoms with E-state index in [2.05, 4.69) is 4.98 Å². The van der Waals surface area contributed by atoms with Gasteiger partial charge in [-0.2, -0.15) is 0 Å². The van der Waals surface area contributed by atoms with Crippen LogP contribution in [0.1, 0.15) is 28.7 Å².